The van der Waals surface area contributed by atoms with Crippen molar-refractivity contribution >= 4 is 17.3 Å². The van der Waals surface area contributed by atoms with Gasteiger partial charge in [-0.05, 0) is 45.4 Å². The third kappa shape index (κ3) is 6.68. The molecule has 0 atom stereocenters. The summed E-state index contributed by atoms with van der Waals surface area (Å²) in [5.41, 5.74) is 2.07. The summed E-state index contributed by atoms with van der Waals surface area (Å²) in [6, 6.07) is 11.4. The van der Waals surface area contributed by atoms with Crippen molar-refractivity contribution in [3.63, 3.8) is 0 Å². The second-order valence-electron chi connectivity index (χ2n) is 6.78. The van der Waals surface area contributed by atoms with E-state index in [9.17, 15) is 0 Å². The molecule has 2 N–H and O–H groups in total. The van der Waals surface area contributed by atoms with Crippen molar-refractivity contribution < 1.29 is 9.47 Å². The number of guanidine groups is 1. The average Bonchev–Trinajstić information content (AvgIpc) is 3.10. The van der Waals surface area contributed by atoms with Gasteiger partial charge < -0.3 is 20.1 Å². The van der Waals surface area contributed by atoms with Crippen molar-refractivity contribution in [1.82, 2.24) is 20.6 Å². The lowest BCUT2D eigenvalue weighted by atomic mass is 10.3. The smallest absolute Gasteiger partial charge is 0.219 e. The Bertz CT molecular complexity index is 982. The van der Waals surface area contributed by atoms with Crippen LogP contribution < -0.4 is 20.1 Å². The predicted octanol–water partition coefficient (Wildman–Crippen LogP) is 4.60. The average molecular weight is 440 g/mol. The summed E-state index contributed by atoms with van der Waals surface area (Å²) in [6.45, 7) is 10.6. The van der Waals surface area contributed by atoms with Crippen molar-refractivity contribution in [1.29, 1.82) is 0 Å². The first-order valence-electron chi connectivity index (χ1n) is 10.4. The molecule has 0 saturated carbocycles. The molecular weight excluding hydrogens is 410 g/mol. The van der Waals surface area contributed by atoms with Gasteiger partial charge in [-0.25, -0.2) is 15.0 Å². The fourth-order valence-electron chi connectivity index (χ4n) is 2.77. The van der Waals surface area contributed by atoms with E-state index in [1.807, 2.05) is 57.2 Å². The van der Waals surface area contributed by atoms with E-state index in [1.54, 1.807) is 17.5 Å². The number of pyridine rings is 1. The molecule has 0 fully saturated rings. The second kappa shape index (κ2) is 11.3. The van der Waals surface area contributed by atoms with Gasteiger partial charge >= 0.3 is 0 Å². The molecule has 1 aromatic carbocycles. The third-order valence-electron chi connectivity index (χ3n) is 4.40. The zero-order chi connectivity index (χ0) is 22.1. The molecule has 2 heterocycles. The monoisotopic (exact) mass is 439 g/mol. The molecule has 8 heteroatoms. The van der Waals surface area contributed by atoms with Crippen LogP contribution in [0.5, 0.6) is 17.4 Å². The van der Waals surface area contributed by atoms with Crippen molar-refractivity contribution in [2.24, 2.45) is 4.99 Å². The second-order valence-corrected chi connectivity index (χ2v) is 8.07. The highest BCUT2D eigenvalue weighted by Gasteiger charge is 2.07. The van der Waals surface area contributed by atoms with Crippen LogP contribution in [0.25, 0.3) is 0 Å². The summed E-state index contributed by atoms with van der Waals surface area (Å²) in [4.78, 5) is 14.9. The van der Waals surface area contributed by atoms with Crippen LogP contribution >= 0.6 is 11.3 Å². The number of hydrogen-bond acceptors (Lipinski definition) is 6. The molecule has 0 bridgehead atoms. The molecule has 0 aliphatic heterocycles. The molecule has 31 heavy (non-hydrogen) atoms. The third-order valence-corrected chi connectivity index (χ3v) is 5.48. The molecule has 0 aliphatic carbocycles. The lowest BCUT2D eigenvalue weighted by Gasteiger charge is -2.11. The first-order chi connectivity index (χ1) is 15.1. The first-order valence-corrected chi connectivity index (χ1v) is 11.2. The number of aliphatic imine (C=N–C) groups is 1. The Kier molecular flexibility index (Phi) is 8.23. The normalized spacial score (nSPS) is 11.3. The van der Waals surface area contributed by atoms with E-state index in [0.717, 1.165) is 28.8 Å². The van der Waals surface area contributed by atoms with E-state index in [-0.39, 0.29) is 0 Å². The molecule has 3 aromatic rings. The SMILES string of the molecule is CCNC(=NCc1ccc(Oc2ccccc2OCC)nc1)NCc1nc(C)c(C)s1. The Morgan fingerprint density at radius 3 is 2.52 bits per heavy atom. The van der Waals surface area contributed by atoms with Crippen molar-refractivity contribution in [2.75, 3.05) is 13.2 Å². The van der Waals surface area contributed by atoms with Crippen LogP contribution in [-0.2, 0) is 13.1 Å². The molecule has 0 radical (unpaired) electrons. The van der Waals surface area contributed by atoms with E-state index in [0.29, 0.717) is 37.1 Å². The fourth-order valence-corrected chi connectivity index (χ4v) is 3.65. The van der Waals surface area contributed by atoms with Gasteiger partial charge in [0.1, 0.15) is 5.01 Å². The molecule has 0 amide bonds. The number of rotatable bonds is 9. The number of para-hydroxylation sites is 2. The van der Waals surface area contributed by atoms with Gasteiger partial charge in [0.25, 0.3) is 0 Å². The molecule has 0 spiro atoms. The molecule has 3 rings (SSSR count). The standard InChI is InChI=1S/C23H29N5O2S/c1-5-24-23(27-15-22-28-16(3)17(4)31-22)26-14-18-11-12-21(25-13-18)30-20-10-8-7-9-19(20)29-6-2/h7-13H,5-6,14-15H2,1-4H3,(H2,24,26,27). The van der Waals surface area contributed by atoms with Gasteiger partial charge in [-0.1, -0.05) is 18.2 Å². The molecule has 164 valence electrons. The zero-order valence-electron chi connectivity index (χ0n) is 18.4. The van der Waals surface area contributed by atoms with Gasteiger partial charge in [0.05, 0.1) is 25.4 Å². The number of nitrogens with zero attached hydrogens (tertiary/aromatic N) is 3. The van der Waals surface area contributed by atoms with Gasteiger partial charge in [-0.15, -0.1) is 11.3 Å². The van der Waals surface area contributed by atoms with Gasteiger partial charge in [-0.3, -0.25) is 0 Å². The van der Waals surface area contributed by atoms with E-state index >= 15 is 0 Å². The summed E-state index contributed by atoms with van der Waals surface area (Å²) < 4.78 is 11.5. The number of nitrogens with one attached hydrogen (secondary N) is 2. The maximum absolute atomic E-state index is 5.88. The molecule has 0 saturated heterocycles. The number of benzene rings is 1. The van der Waals surface area contributed by atoms with Crippen molar-refractivity contribution in [3.05, 3.63) is 63.7 Å². The Balaban J connectivity index is 1.60. The summed E-state index contributed by atoms with van der Waals surface area (Å²) in [6.07, 6.45) is 1.78. The number of aromatic nitrogens is 2. The number of thiazole rings is 1. The number of ether oxygens (including phenoxy) is 2. The van der Waals surface area contributed by atoms with Crippen LogP contribution in [-0.4, -0.2) is 29.1 Å². The molecule has 2 aromatic heterocycles. The van der Waals surface area contributed by atoms with Gasteiger partial charge in [-0.2, -0.15) is 0 Å². The Morgan fingerprint density at radius 1 is 1.06 bits per heavy atom. The predicted molar refractivity (Wildman–Crippen MR) is 125 cm³/mol. The number of hydrogen-bond donors (Lipinski definition) is 2. The van der Waals surface area contributed by atoms with Crippen LogP contribution in [0.15, 0.2) is 47.6 Å². The highest BCUT2D eigenvalue weighted by atomic mass is 32.1. The molecule has 0 aliphatic rings. The molecular formula is C23H29N5O2S. The topological polar surface area (TPSA) is 80.7 Å². The van der Waals surface area contributed by atoms with Gasteiger partial charge in [0, 0.05) is 23.7 Å². The van der Waals surface area contributed by atoms with Gasteiger partial charge in [0.15, 0.2) is 17.5 Å². The lowest BCUT2D eigenvalue weighted by Crippen LogP contribution is -2.36. The fraction of sp³-hybridized carbons (Fsp3) is 0.348. The largest absolute Gasteiger partial charge is 0.490 e. The van der Waals surface area contributed by atoms with Crippen LogP contribution in [0.2, 0.25) is 0 Å². The van der Waals surface area contributed by atoms with Crippen molar-refractivity contribution in [3.8, 4) is 17.4 Å². The minimum absolute atomic E-state index is 0.508. The van der Waals surface area contributed by atoms with E-state index in [2.05, 4.69) is 32.5 Å². The Morgan fingerprint density at radius 2 is 1.87 bits per heavy atom. The molecule has 7 nitrogen and oxygen atoms in total. The maximum Gasteiger partial charge on any atom is 0.219 e. The molecule has 0 unspecified atom stereocenters. The summed E-state index contributed by atoms with van der Waals surface area (Å²) >= 11 is 1.71. The summed E-state index contributed by atoms with van der Waals surface area (Å²) in [7, 11) is 0. The minimum atomic E-state index is 0.508. The highest BCUT2D eigenvalue weighted by molar-refractivity contribution is 7.11. The maximum atomic E-state index is 5.88. The summed E-state index contributed by atoms with van der Waals surface area (Å²) in [5, 5.41) is 7.65. The lowest BCUT2D eigenvalue weighted by molar-refractivity contribution is 0.319. The van der Waals surface area contributed by atoms with E-state index < -0.39 is 0 Å². The minimum Gasteiger partial charge on any atom is -0.490 e. The van der Waals surface area contributed by atoms with Crippen molar-refractivity contribution in [2.45, 2.75) is 40.8 Å². The van der Waals surface area contributed by atoms with Crippen LogP contribution in [0, 0.1) is 13.8 Å². The zero-order valence-corrected chi connectivity index (χ0v) is 19.3. The van der Waals surface area contributed by atoms with E-state index in [4.69, 9.17) is 9.47 Å². The highest BCUT2D eigenvalue weighted by Crippen LogP contribution is 2.30. The first kappa shape index (κ1) is 22.6. The summed E-state index contributed by atoms with van der Waals surface area (Å²) in [5.74, 6) is 2.61. The quantitative estimate of drug-likeness (QED) is 0.375. The van der Waals surface area contributed by atoms with Crippen LogP contribution in [0.3, 0.4) is 0 Å². The van der Waals surface area contributed by atoms with Gasteiger partial charge in [0.2, 0.25) is 5.88 Å². The van der Waals surface area contributed by atoms with E-state index in [1.165, 1.54) is 4.88 Å². The van der Waals surface area contributed by atoms with Crippen LogP contribution in [0.1, 0.15) is 35.0 Å². The van der Waals surface area contributed by atoms with Crippen LogP contribution in [0.4, 0.5) is 0 Å². The number of aryl methyl sites for hydroxylation is 2. The Hall–Kier alpha value is -3.13. The Labute approximate surface area is 187 Å².